The summed E-state index contributed by atoms with van der Waals surface area (Å²) in [6.07, 6.45) is 3.07. The van der Waals surface area contributed by atoms with E-state index in [1.54, 1.807) is 6.07 Å². The summed E-state index contributed by atoms with van der Waals surface area (Å²) in [5.41, 5.74) is 3.63. The first-order valence-corrected chi connectivity index (χ1v) is 6.12. The van der Waals surface area contributed by atoms with Gasteiger partial charge in [-0.25, -0.2) is 4.39 Å². The van der Waals surface area contributed by atoms with Crippen molar-refractivity contribution in [3.63, 3.8) is 0 Å². The minimum absolute atomic E-state index is 0.0684. The standard InChI is InChI=1S/C15H23F/c1-6-7-13-11(2)14(16)9-8-12(13)10-15(3,4)5/h8-9H,6-7,10H2,1-5H3. The summed E-state index contributed by atoms with van der Waals surface area (Å²) in [6.45, 7) is 10.7. The quantitative estimate of drug-likeness (QED) is 0.697. The SMILES string of the molecule is CCCc1c(CC(C)(C)C)ccc(F)c1C. The number of hydrogen-bond donors (Lipinski definition) is 0. The molecule has 0 aliphatic carbocycles. The van der Waals surface area contributed by atoms with Gasteiger partial charge in [0.15, 0.2) is 0 Å². The fraction of sp³-hybridized carbons (Fsp3) is 0.600. The summed E-state index contributed by atoms with van der Waals surface area (Å²) in [5, 5.41) is 0. The average Bonchev–Trinajstić information content (AvgIpc) is 2.15. The van der Waals surface area contributed by atoms with E-state index in [2.05, 4.69) is 27.7 Å². The van der Waals surface area contributed by atoms with E-state index < -0.39 is 0 Å². The molecule has 0 spiro atoms. The van der Waals surface area contributed by atoms with Crippen LogP contribution >= 0.6 is 0 Å². The summed E-state index contributed by atoms with van der Waals surface area (Å²) in [6, 6.07) is 3.56. The predicted octanol–water partition coefficient (Wildman–Crippen LogP) is 4.68. The highest BCUT2D eigenvalue weighted by atomic mass is 19.1. The molecule has 0 bridgehead atoms. The first-order chi connectivity index (χ1) is 7.35. The lowest BCUT2D eigenvalue weighted by molar-refractivity contribution is 0.409. The molecule has 0 aliphatic heterocycles. The third-order valence-electron chi connectivity index (χ3n) is 2.85. The highest BCUT2D eigenvalue weighted by Gasteiger charge is 2.16. The van der Waals surface area contributed by atoms with Crippen LogP contribution in [0.4, 0.5) is 4.39 Å². The third kappa shape index (κ3) is 3.33. The lowest BCUT2D eigenvalue weighted by Crippen LogP contribution is -2.12. The summed E-state index contributed by atoms with van der Waals surface area (Å²) in [4.78, 5) is 0. The summed E-state index contributed by atoms with van der Waals surface area (Å²) in [7, 11) is 0. The van der Waals surface area contributed by atoms with Gasteiger partial charge >= 0.3 is 0 Å². The van der Waals surface area contributed by atoms with Crippen molar-refractivity contribution in [3.05, 3.63) is 34.6 Å². The fourth-order valence-corrected chi connectivity index (χ4v) is 2.12. The molecule has 1 aromatic carbocycles. The molecule has 0 fully saturated rings. The number of rotatable bonds is 3. The number of benzene rings is 1. The minimum Gasteiger partial charge on any atom is -0.207 e. The van der Waals surface area contributed by atoms with Crippen LogP contribution in [0.2, 0.25) is 0 Å². The maximum absolute atomic E-state index is 13.5. The van der Waals surface area contributed by atoms with Crippen LogP contribution in [-0.2, 0) is 12.8 Å². The maximum Gasteiger partial charge on any atom is 0.126 e. The Bertz CT molecular complexity index is 358. The van der Waals surface area contributed by atoms with Crippen LogP contribution in [0.3, 0.4) is 0 Å². The van der Waals surface area contributed by atoms with E-state index in [1.807, 2.05) is 13.0 Å². The van der Waals surface area contributed by atoms with E-state index in [0.29, 0.717) is 0 Å². The first-order valence-electron chi connectivity index (χ1n) is 6.12. The van der Waals surface area contributed by atoms with Gasteiger partial charge < -0.3 is 0 Å². The van der Waals surface area contributed by atoms with E-state index in [9.17, 15) is 4.39 Å². The average molecular weight is 222 g/mol. The smallest absolute Gasteiger partial charge is 0.126 e. The number of halogens is 1. The van der Waals surface area contributed by atoms with Crippen molar-refractivity contribution in [1.29, 1.82) is 0 Å². The van der Waals surface area contributed by atoms with Gasteiger partial charge in [-0.3, -0.25) is 0 Å². The molecule has 0 aromatic heterocycles. The minimum atomic E-state index is -0.0684. The molecule has 1 heteroatoms. The summed E-state index contributed by atoms with van der Waals surface area (Å²) >= 11 is 0. The van der Waals surface area contributed by atoms with Crippen LogP contribution in [0.25, 0.3) is 0 Å². The topological polar surface area (TPSA) is 0 Å². The van der Waals surface area contributed by atoms with Crippen molar-refractivity contribution >= 4 is 0 Å². The van der Waals surface area contributed by atoms with Crippen LogP contribution in [0, 0.1) is 18.2 Å². The van der Waals surface area contributed by atoms with Crippen molar-refractivity contribution in [2.24, 2.45) is 5.41 Å². The molecule has 0 aliphatic rings. The van der Waals surface area contributed by atoms with E-state index in [4.69, 9.17) is 0 Å². The molecule has 0 N–H and O–H groups in total. The van der Waals surface area contributed by atoms with Crippen LogP contribution < -0.4 is 0 Å². The zero-order valence-corrected chi connectivity index (χ0v) is 11.2. The Morgan fingerprint density at radius 1 is 1.19 bits per heavy atom. The molecule has 0 radical (unpaired) electrons. The normalized spacial score (nSPS) is 11.9. The molecule has 0 unspecified atom stereocenters. The van der Waals surface area contributed by atoms with Gasteiger partial charge in [0.05, 0.1) is 0 Å². The molecular weight excluding hydrogens is 199 g/mol. The first kappa shape index (κ1) is 13.2. The van der Waals surface area contributed by atoms with Crippen LogP contribution in [0.5, 0.6) is 0 Å². The van der Waals surface area contributed by atoms with Crippen LogP contribution in [0.1, 0.15) is 50.8 Å². The van der Waals surface area contributed by atoms with Crippen LogP contribution in [-0.4, -0.2) is 0 Å². The molecule has 0 saturated heterocycles. The van der Waals surface area contributed by atoms with E-state index in [-0.39, 0.29) is 11.2 Å². The molecule has 0 heterocycles. The molecule has 0 saturated carbocycles. The Hall–Kier alpha value is -0.850. The van der Waals surface area contributed by atoms with Crippen molar-refractivity contribution in [1.82, 2.24) is 0 Å². The Morgan fingerprint density at radius 2 is 1.81 bits per heavy atom. The maximum atomic E-state index is 13.5. The summed E-state index contributed by atoms with van der Waals surface area (Å²) in [5.74, 6) is -0.0684. The van der Waals surface area contributed by atoms with Gasteiger partial charge in [-0.15, -0.1) is 0 Å². The lowest BCUT2D eigenvalue weighted by atomic mass is 9.84. The molecule has 1 rings (SSSR count). The van der Waals surface area contributed by atoms with Crippen LogP contribution in [0.15, 0.2) is 12.1 Å². The highest BCUT2D eigenvalue weighted by molar-refractivity contribution is 5.36. The Morgan fingerprint density at radius 3 is 2.31 bits per heavy atom. The van der Waals surface area contributed by atoms with Gasteiger partial charge in [0, 0.05) is 0 Å². The van der Waals surface area contributed by atoms with Crippen molar-refractivity contribution in [2.45, 2.75) is 53.9 Å². The zero-order chi connectivity index (χ0) is 12.3. The van der Waals surface area contributed by atoms with E-state index in [1.165, 1.54) is 11.1 Å². The molecule has 0 atom stereocenters. The van der Waals surface area contributed by atoms with E-state index >= 15 is 0 Å². The van der Waals surface area contributed by atoms with Gasteiger partial charge in [0.2, 0.25) is 0 Å². The van der Waals surface area contributed by atoms with Crippen molar-refractivity contribution in [3.8, 4) is 0 Å². The molecular formula is C15H23F. The third-order valence-corrected chi connectivity index (χ3v) is 2.85. The second kappa shape index (κ2) is 4.99. The molecule has 0 amide bonds. The largest absolute Gasteiger partial charge is 0.207 e. The highest BCUT2D eigenvalue weighted by Crippen LogP contribution is 2.26. The second-order valence-electron chi connectivity index (χ2n) is 5.80. The zero-order valence-electron chi connectivity index (χ0n) is 11.2. The Balaban J connectivity index is 3.13. The monoisotopic (exact) mass is 222 g/mol. The van der Waals surface area contributed by atoms with Gasteiger partial charge in [0.25, 0.3) is 0 Å². The second-order valence-corrected chi connectivity index (χ2v) is 5.80. The molecule has 0 nitrogen and oxygen atoms in total. The lowest BCUT2D eigenvalue weighted by Gasteiger charge is -2.21. The van der Waals surface area contributed by atoms with Gasteiger partial charge in [-0.2, -0.15) is 0 Å². The molecule has 90 valence electrons. The van der Waals surface area contributed by atoms with Gasteiger partial charge in [0.1, 0.15) is 5.82 Å². The van der Waals surface area contributed by atoms with Crippen molar-refractivity contribution < 1.29 is 4.39 Å². The predicted molar refractivity (Wildman–Crippen MR) is 68.3 cm³/mol. The number of hydrogen-bond acceptors (Lipinski definition) is 0. The fourth-order valence-electron chi connectivity index (χ4n) is 2.12. The summed E-state index contributed by atoms with van der Waals surface area (Å²) < 4.78 is 13.5. The Kier molecular flexibility index (Phi) is 4.12. The molecule has 1 aromatic rings. The van der Waals surface area contributed by atoms with E-state index in [0.717, 1.165) is 24.8 Å². The Labute approximate surface area is 98.9 Å². The van der Waals surface area contributed by atoms with Crippen molar-refractivity contribution in [2.75, 3.05) is 0 Å². The van der Waals surface area contributed by atoms with Gasteiger partial charge in [-0.05, 0) is 47.9 Å². The van der Waals surface area contributed by atoms with Gasteiger partial charge in [-0.1, -0.05) is 40.2 Å². The molecule has 16 heavy (non-hydrogen) atoms.